The molecule has 128 valence electrons. The fraction of sp³-hybridized carbons (Fsp3) is 0.750. The second kappa shape index (κ2) is 7.03. The van der Waals surface area contributed by atoms with Gasteiger partial charge in [-0.2, -0.15) is 13.2 Å². The van der Waals surface area contributed by atoms with Gasteiger partial charge in [-0.05, 0) is 24.8 Å². The molecule has 0 aromatic carbocycles. The molecule has 0 unspecified atom stereocenters. The molecule has 7 heteroatoms. The molecule has 0 bridgehead atoms. The Balaban J connectivity index is 1.54. The lowest BCUT2D eigenvalue weighted by molar-refractivity contribution is -0.141. The van der Waals surface area contributed by atoms with Crippen LogP contribution in [-0.4, -0.2) is 47.6 Å². The summed E-state index contributed by atoms with van der Waals surface area (Å²) in [6, 6.07) is 0.919. The lowest BCUT2D eigenvalue weighted by Gasteiger charge is -2.37. The summed E-state index contributed by atoms with van der Waals surface area (Å²) in [5.41, 5.74) is -0.868. The molecular formula is C16H23F3N4. The van der Waals surface area contributed by atoms with Gasteiger partial charge in [-0.1, -0.05) is 19.3 Å². The Morgan fingerprint density at radius 2 is 1.74 bits per heavy atom. The summed E-state index contributed by atoms with van der Waals surface area (Å²) < 4.78 is 38.2. The first kappa shape index (κ1) is 16.5. The maximum absolute atomic E-state index is 12.7. The van der Waals surface area contributed by atoms with E-state index in [2.05, 4.69) is 14.9 Å². The largest absolute Gasteiger partial charge is 0.433 e. The van der Waals surface area contributed by atoms with Gasteiger partial charge < -0.3 is 4.90 Å². The smallest absolute Gasteiger partial charge is 0.338 e. The van der Waals surface area contributed by atoms with E-state index in [0.29, 0.717) is 13.1 Å². The second-order valence-electron chi connectivity index (χ2n) is 6.53. The number of piperazine rings is 1. The van der Waals surface area contributed by atoms with Crippen molar-refractivity contribution in [2.24, 2.45) is 5.92 Å². The molecule has 0 atom stereocenters. The normalized spacial score (nSPS) is 21.6. The third-order valence-corrected chi connectivity index (χ3v) is 4.83. The van der Waals surface area contributed by atoms with Crippen molar-refractivity contribution < 1.29 is 13.2 Å². The average molecular weight is 328 g/mol. The molecular weight excluding hydrogens is 305 g/mol. The molecule has 1 aliphatic carbocycles. The number of hydrogen-bond acceptors (Lipinski definition) is 4. The number of rotatable bonds is 3. The molecule has 0 radical (unpaired) electrons. The third-order valence-electron chi connectivity index (χ3n) is 4.83. The van der Waals surface area contributed by atoms with E-state index in [0.717, 1.165) is 31.6 Å². The highest BCUT2D eigenvalue weighted by atomic mass is 19.4. The van der Waals surface area contributed by atoms with Gasteiger partial charge in [0.1, 0.15) is 5.69 Å². The van der Waals surface area contributed by atoms with Gasteiger partial charge in [-0.15, -0.1) is 0 Å². The van der Waals surface area contributed by atoms with Crippen LogP contribution in [0.1, 0.15) is 37.8 Å². The molecule has 3 rings (SSSR count). The van der Waals surface area contributed by atoms with E-state index >= 15 is 0 Å². The van der Waals surface area contributed by atoms with E-state index in [-0.39, 0.29) is 5.95 Å². The summed E-state index contributed by atoms with van der Waals surface area (Å²) in [4.78, 5) is 12.0. The van der Waals surface area contributed by atoms with E-state index in [1.54, 1.807) is 0 Å². The number of anilines is 1. The summed E-state index contributed by atoms with van der Waals surface area (Å²) >= 11 is 0. The van der Waals surface area contributed by atoms with Crippen LogP contribution >= 0.6 is 0 Å². The predicted molar refractivity (Wildman–Crippen MR) is 82.3 cm³/mol. The van der Waals surface area contributed by atoms with Gasteiger partial charge in [-0.3, -0.25) is 4.90 Å². The fourth-order valence-corrected chi connectivity index (χ4v) is 3.52. The molecule has 4 nitrogen and oxygen atoms in total. The Kier molecular flexibility index (Phi) is 5.04. The SMILES string of the molecule is FC(F)(F)c1ccnc(N2CCN(CC3CCCCC3)CC2)n1. The zero-order chi connectivity index (χ0) is 16.3. The van der Waals surface area contributed by atoms with Crippen LogP contribution in [-0.2, 0) is 6.18 Å². The van der Waals surface area contributed by atoms with Crippen molar-refractivity contribution in [3.05, 3.63) is 18.0 Å². The number of halogens is 3. The van der Waals surface area contributed by atoms with Crippen molar-refractivity contribution in [3.63, 3.8) is 0 Å². The van der Waals surface area contributed by atoms with Gasteiger partial charge in [0.2, 0.25) is 5.95 Å². The lowest BCUT2D eigenvalue weighted by atomic mass is 9.89. The maximum Gasteiger partial charge on any atom is 0.433 e. The first-order valence-corrected chi connectivity index (χ1v) is 8.40. The quantitative estimate of drug-likeness (QED) is 0.853. The highest BCUT2D eigenvalue weighted by Gasteiger charge is 2.33. The van der Waals surface area contributed by atoms with E-state index in [4.69, 9.17) is 0 Å². The topological polar surface area (TPSA) is 32.3 Å². The fourth-order valence-electron chi connectivity index (χ4n) is 3.52. The first-order valence-electron chi connectivity index (χ1n) is 8.40. The predicted octanol–water partition coefficient (Wildman–Crippen LogP) is 3.20. The highest BCUT2D eigenvalue weighted by molar-refractivity contribution is 5.31. The summed E-state index contributed by atoms with van der Waals surface area (Å²) in [5, 5.41) is 0. The molecule has 2 heterocycles. The molecule has 1 saturated carbocycles. The van der Waals surface area contributed by atoms with Gasteiger partial charge in [0.05, 0.1) is 0 Å². The van der Waals surface area contributed by atoms with Crippen LogP contribution < -0.4 is 4.90 Å². The van der Waals surface area contributed by atoms with Gasteiger partial charge >= 0.3 is 6.18 Å². The van der Waals surface area contributed by atoms with Crippen molar-refractivity contribution in [1.29, 1.82) is 0 Å². The van der Waals surface area contributed by atoms with Crippen LogP contribution in [0.3, 0.4) is 0 Å². The number of hydrogen-bond donors (Lipinski definition) is 0. The molecule has 2 aliphatic rings. The number of alkyl halides is 3. The summed E-state index contributed by atoms with van der Waals surface area (Å²) in [5.74, 6) is 0.984. The van der Waals surface area contributed by atoms with E-state index in [1.165, 1.54) is 38.3 Å². The van der Waals surface area contributed by atoms with Gasteiger partial charge in [0.25, 0.3) is 0 Å². The van der Waals surface area contributed by atoms with Crippen molar-refractivity contribution >= 4 is 5.95 Å². The van der Waals surface area contributed by atoms with Crippen LogP contribution in [0.25, 0.3) is 0 Å². The summed E-state index contributed by atoms with van der Waals surface area (Å²) in [6.07, 6.45) is 3.44. The maximum atomic E-state index is 12.7. The van der Waals surface area contributed by atoms with Crippen LogP contribution in [0.4, 0.5) is 19.1 Å². The second-order valence-corrected chi connectivity index (χ2v) is 6.53. The van der Waals surface area contributed by atoms with Crippen LogP contribution in [0, 0.1) is 5.92 Å². The number of aromatic nitrogens is 2. The van der Waals surface area contributed by atoms with Crippen molar-refractivity contribution in [3.8, 4) is 0 Å². The van der Waals surface area contributed by atoms with Crippen LogP contribution in [0.15, 0.2) is 12.3 Å². The van der Waals surface area contributed by atoms with E-state index < -0.39 is 11.9 Å². The van der Waals surface area contributed by atoms with Crippen molar-refractivity contribution in [2.75, 3.05) is 37.6 Å². The molecule has 0 amide bonds. The van der Waals surface area contributed by atoms with Gasteiger partial charge in [0, 0.05) is 38.9 Å². The molecule has 0 N–H and O–H groups in total. The van der Waals surface area contributed by atoms with E-state index in [9.17, 15) is 13.2 Å². The minimum Gasteiger partial charge on any atom is -0.338 e. The number of nitrogens with zero attached hydrogens (tertiary/aromatic N) is 4. The van der Waals surface area contributed by atoms with Gasteiger partial charge in [0.15, 0.2) is 0 Å². The summed E-state index contributed by atoms with van der Waals surface area (Å²) in [7, 11) is 0. The average Bonchev–Trinajstić information content (AvgIpc) is 2.56. The molecule has 1 aromatic rings. The monoisotopic (exact) mass is 328 g/mol. The molecule has 1 aliphatic heterocycles. The molecule has 23 heavy (non-hydrogen) atoms. The van der Waals surface area contributed by atoms with Crippen molar-refractivity contribution in [2.45, 2.75) is 38.3 Å². The summed E-state index contributed by atoms with van der Waals surface area (Å²) in [6.45, 7) is 4.24. The zero-order valence-corrected chi connectivity index (χ0v) is 13.2. The Morgan fingerprint density at radius 1 is 1.04 bits per heavy atom. The molecule has 1 aromatic heterocycles. The Morgan fingerprint density at radius 3 is 2.39 bits per heavy atom. The Bertz CT molecular complexity index is 506. The standard InChI is InChI=1S/C16H23F3N4/c17-16(18,19)14-6-7-20-15(21-14)23-10-8-22(9-11-23)12-13-4-2-1-3-5-13/h6-7,13H,1-5,8-12H2. The lowest BCUT2D eigenvalue weighted by Crippen LogP contribution is -2.48. The first-order chi connectivity index (χ1) is 11.0. The minimum absolute atomic E-state index is 0.192. The minimum atomic E-state index is -4.42. The Labute approximate surface area is 134 Å². The molecule has 1 saturated heterocycles. The molecule has 2 fully saturated rings. The zero-order valence-electron chi connectivity index (χ0n) is 13.2. The highest BCUT2D eigenvalue weighted by Crippen LogP contribution is 2.28. The third kappa shape index (κ3) is 4.34. The Hall–Kier alpha value is -1.37. The van der Waals surface area contributed by atoms with Gasteiger partial charge in [-0.25, -0.2) is 9.97 Å². The molecule has 0 spiro atoms. The van der Waals surface area contributed by atoms with Crippen molar-refractivity contribution in [1.82, 2.24) is 14.9 Å². The van der Waals surface area contributed by atoms with Crippen LogP contribution in [0.5, 0.6) is 0 Å². The van der Waals surface area contributed by atoms with E-state index in [1.807, 2.05) is 4.90 Å². The van der Waals surface area contributed by atoms with Crippen LogP contribution in [0.2, 0.25) is 0 Å².